The first-order valence-electron chi connectivity index (χ1n) is 5.02. The van der Waals surface area contributed by atoms with Gasteiger partial charge < -0.3 is 5.73 Å². The highest BCUT2D eigenvalue weighted by Crippen LogP contribution is 2.14. The van der Waals surface area contributed by atoms with E-state index in [1.54, 1.807) is 45.0 Å². The molecule has 1 rings (SSSR count). The molecule has 0 aliphatic carbocycles. The lowest BCUT2D eigenvalue weighted by molar-refractivity contribution is -0.127. The monoisotopic (exact) mass is 220 g/mol. The van der Waals surface area contributed by atoms with Gasteiger partial charge in [0.2, 0.25) is 5.91 Å². The van der Waals surface area contributed by atoms with E-state index >= 15 is 0 Å². The molecule has 0 unspecified atom stereocenters. The molecule has 0 aromatic heterocycles. The predicted molar refractivity (Wildman–Crippen MR) is 62.8 cm³/mol. The molecule has 1 aromatic carbocycles. The Labute approximate surface area is 94.8 Å². The number of rotatable bonds is 1. The molecule has 0 atom stereocenters. The zero-order valence-electron chi connectivity index (χ0n) is 9.70. The average molecular weight is 220 g/mol. The van der Waals surface area contributed by atoms with Gasteiger partial charge in [0.05, 0.1) is 5.56 Å². The SMILES string of the molecule is CC(C)(C)C(=O)NC(=O)c1ccccc1N. The molecule has 0 radical (unpaired) electrons. The van der Waals surface area contributed by atoms with Crippen LogP contribution in [0.25, 0.3) is 0 Å². The van der Waals surface area contributed by atoms with Crippen LogP contribution in [0.4, 0.5) is 5.69 Å². The Morgan fingerprint density at radius 3 is 2.25 bits per heavy atom. The molecular formula is C12H16N2O2. The number of anilines is 1. The van der Waals surface area contributed by atoms with Gasteiger partial charge in [-0.25, -0.2) is 0 Å². The Morgan fingerprint density at radius 2 is 1.75 bits per heavy atom. The first kappa shape index (κ1) is 12.2. The van der Waals surface area contributed by atoms with Crippen molar-refractivity contribution in [3.8, 4) is 0 Å². The highest BCUT2D eigenvalue weighted by atomic mass is 16.2. The molecule has 16 heavy (non-hydrogen) atoms. The van der Waals surface area contributed by atoms with Crippen molar-refractivity contribution in [2.75, 3.05) is 5.73 Å². The molecule has 4 nitrogen and oxygen atoms in total. The van der Waals surface area contributed by atoms with Gasteiger partial charge in [-0.3, -0.25) is 14.9 Å². The van der Waals surface area contributed by atoms with Crippen LogP contribution >= 0.6 is 0 Å². The Hall–Kier alpha value is -1.84. The van der Waals surface area contributed by atoms with E-state index in [-0.39, 0.29) is 5.91 Å². The van der Waals surface area contributed by atoms with Crippen molar-refractivity contribution in [2.24, 2.45) is 5.41 Å². The van der Waals surface area contributed by atoms with E-state index in [0.717, 1.165) is 0 Å². The largest absolute Gasteiger partial charge is 0.398 e. The van der Waals surface area contributed by atoms with Crippen LogP contribution in [0.3, 0.4) is 0 Å². The average Bonchev–Trinajstić information content (AvgIpc) is 2.16. The van der Waals surface area contributed by atoms with E-state index < -0.39 is 11.3 Å². The number of imide groups is 1. The van der Waals surface area contributed by atoms with Crippen LogP contribution in [-0.4, -0.2) is 11.8 Å². The summed E-state index contributed by atoms with van der Waals surface area (Å²) in [6.45, 7) is 5.22. The van der Waals surface area contributed by atoms with Crippen LogP contribution in [0.15, 0.2) is 24.3 Å². The normalized spacial score (nSPS) is 10.9. The number of para-hydroxylation sites is 1. The van der Waals surface area contributed by atoms with Gasteiger partial charge in [0.25, 0.3) is 5.91 Å². The lowest BCUT2D eigenvalue weighted by atomic mass is 9.95. The standard InChI is InChI=1S/C12H16N2O2/c1-12(2,3)11(16)14-10(15)8-6-4-5-7-9(8)13/h4-7H,13H2,1-3H3,(H,14,15,16). The second-order valence-electron chi connectivity index (χ2n) is 4.62. The predicted octanol–water partition coefficient (Wildman–Crippen LogP) is 1.57. The number of carbonyl (C=O) groups is 2. The Kier molecular flexibility index (Phi) is 3.32. The van der Waals surface area contributed by atoms with Gasteiger partial charge >= 0.3 is 0 Å². The van der Waals surface area contributed by atoms with Crippen molar-refractivity contribution in [1.82, 2.24) is 5.32 Å². The van der Waals surface area contributed by atoms with Gasteiger partial charge in [0, 0.05) is 11.1 Å². The van der Waals surface area contributed by atoms with Crippen LogP contribution in [0.2, 0.25) is 0 Å². The summed E-state index contributed by atoms with van der Waals surface area (Å²) in [4.78, 5) is 23.3. The second-order valence-corrected chi connectivity index (χ2v) is 4.62. The molecule has 4 heteroatoms. The number of nitrogens with one attached hydrogen (secondary N) is 1. The maximum atomic E-state index is 11.7. The van der Waals surface area contributed by atoms with Gasteiger partial charge in [-0.1, -0.05) is 32.9 Å². The van der Waals surface area contributed by atoms with Crippen molar-refractivity contribution in [2.45, 2.75) is 20.8 Å². The zero-order valence-corrected chi connectivity index (χ0v) is 9.70. The van der Waals surface area contributed by atoms with Crippen molar-refractivity contribution >= 4 is 17.5 Å². The quantitative estimate of drug-likeness (QED) is 0.706. The summed E-state index contributed by atoms with van der Waals surface area (Å²) < 4.78 is 0. The zero-order chi connectivity index (χ0) is 12.3. The minimum atomic E-state index is -0.598. The summed E-state index contributed by atoms with van der Waals surface area (Å²) in [5.41, 5.74) is 5.72. The van der Waals surface area contributed by atoms with Gasteiger partial charge in [0.1, 0.15) is 0 Å². The minimum absolute atomic E-state index is 0.319. The molecule has 0 saturated carbocycles. The molecule has 0 aliphatic heterocycles. The number of amides is 2. The van der Waals surface area contributed by atoms with Crippen LogP contribution in [-0.2, 0) is 4.79 Å². The van der Waals surface area contributed by atoms with Crippen LogP contribution in [0.5, 0.6) is 0 Å². The molecule has 0 fully saturated rings. The Bertz CT molecular complexity index is 419. The van der Waals surface area contributed by atoms with Gasteiger partial charge in [-0.2, -0.15) is 0 Å². The van der Waals surface area contributed by atoms with Crippen molar-refractivity contribution in [3.05, 3.63) is 29.8 Å². The summed E-state index contributed by atoms with van der Waals surface area (Å²) in [6.07, 6.45) is 0. The van der Waals surface area contributed by atoms with E-state index in [0.29, 0.717) is 11.3 Å². The third-order valence-electron chi connectivity index (χ3n) is 2.11. The van der Waals surface area contributed by atoms with Gasteiger partial charge in [-0.05, 0) is 12.1 Å². The Balaban J connectivity index is 2.82. The molecule has 0 aliphatic rings. The number of hydrogen-bond acceptors (Lipinski definition) is 3. The molecule has 2 amide bonds. The second kappa shape index (κ2) is 4.35. The fourth-order valence-corrected chi connectivity index (χ4v) is 1.06. The first-order chi connectivity index (χ1) is 7.32. The van der Waals surface area contributed by atoms with E-state index in [1.807, 2.05) is 0 Å². The van der Waals surface area contributed by atoms with E-state index in [4.69, 9.17) is 5.73 Å². The number of nitrogens with two attached hydrogens (primary N) is 1. The topological polar surface area (TPSA) is 72.2 Å². The highest BCUT2D eigenvalue weighted by Gasteiger charge is 2.24. The number of benzene rings is 1. The van der Waals surface area contributed by atoms with Crippen LogP contribution in [0, 0.1) is 5.41 Å². The number of carbonyl (C=O) groups excluding carboxylic acids is 2. The molecule has 0 heterocycles. The number of nitrogen functional groups attached to an aromatic ring is 1. The van der Waals surface area contributed by atoms with Crippen molar-refractivity contribution in [3.63, 3.8) is 0 Å². The summed E-state index contributed by atoms with van der Waals surface area (Å²) in [5, 5.41) is 2.32. The summed E-state index contributed by atoms with van der Waals surface area (Å²) >= 11 is 0. The highest BCUT2D eigenvalue weighted by molar-refractivity contribution is 6.08. The van der Waals surface area contributed by atoms with Crippen molar-refractivity contribution < 1.29 is 9.59 Å². The lowest BCUT2D eigenvalue weighted by Crippen LogP contribution is -2.39. The fourth-order valence-electron chi connectivity index (χ4n) is 1.06. The van der Waals surface area contributed by atoms with Crippen LogP contribution in [0.1, 0.15) is 31.1 Å². The maximum Gasteiger partial charge on any atom is 0.259 e. The van der Waals surface area contributed by atoms with Crippen LogP contribution < -0.4 is 11.1 Å². The lowest BCUT2D eigenvalue weighted by Gasteiger charge is -2.17. The molecule has 3 N–H and O–H groups in total. The molecule has 86 valence electrons. The maximum absolute atomic E-state index is 11.7. The van der Waals surface area contributed by atoms with Crippen molar-refractivity contribution in [1.29, 1.82) is 0 Å². The van der Waals surface area contributed by atoms with E-state index in [2.05, 4.69) is 5.32 Å². The number of hydrogen-bond donors (Lipinski definition) is 2. The molecule has 1 aromatic rings. The molecule has 0 saturated heterocycles. The fraction of sp³-hybridized carbons (Fsp3) is 0.333. The smallest absolute Gasteiger partial charge is 0.259 e. The summed E-state index contributed by atoms with van der Waals surface area (Å²) in [6, 6.07) is 6.64. The van der Waals surface area contributed by atoms with E-state index in [1.165, 1.54) is 0 Å². The van der Waals surface area contributed by atoms with Gasteiger partial charge in [0.15, 0.2) is 0 Å². The summed E-state index contributed by atoms with van der Waals surface area (Å²) in [5.74, 6) is -0.779. The molecular weight excluding hydrogens is 204 g/mol. The first-order valence-corrected chi connectivity index (χ1v) is 5.02. The Morgan fingerprint density at radius 1 is 1.19 bits per heavy atom. The van der Waals surface area contributed by atoms with E-state index in [9.17, 15) is 9.59 Å². The summed E-state index contributed by atoms with van der Waals surface area (Å²) in [7, 11) is 0. The third-order valence-corrected chi connectivity index (χ3v) is 2.11. The third kappa shape index (κ3) is 2.82. The van der Waals surface area contributed by atoms with Gasteiger partial charge in [-0.15, -0.1) is 0 Å². The molecule has 0 bridgehead atoms. The minimum Gasteiger partial charge on any atom is -0.398 e. The molecule has 0 spiro atoms.